The number of likely N-dealkylation sites (N-methyl/N-ethyl adjacent to an activating group) is 1. The van der Waals surface area contributed by atoms with Crippen molar-refractivity contribution < 1.29 is 9.59 Å². The number of hydrogen-bond donors (Lipinski definition) is 1. The SMILES string of the molecule is CN(Cc1cccc(-c2ccc(C(=O)CC3CCCCC3)cc2)c1)C(=O)CN. The second-order valence-corrected chi connectivity index (χ2v) is 7.86. The molecule has 4 nitrogen and oxygen atoms in total. The molecule has 2 aromatic carbocycles. The number of nitrogens with two attached hydrogens (primary N) is 1. The number of Topliss-reactive ketones (excluding diaryl/α,β-unsaturated/α-hetero) is 1. The Morgan fingerprint density at radius 3 is 2.39 bits per heavy atom. The number of amides is 1. The second-order valence-electron chi connectivity index (χ2n) is 7.86. The zero-order valence-corrected chi connectivity index (χ0v) is 16.7. The van der Waals surface area contributed by atoms with Crippen LogP contribution in [0.15, 0.2) is 48.5 Å². The standard InChI is InChI=1S/C24H30N2O2/c1-26(24(28)16-25)17-19-8-5-9-22(14-19)20-10-12-21(13-11-20)23(27)15-18-6-3-2-4-7-18/h5,8-14,18H,2-4,6-7,15-17,25H2,1H3. The third kappa shape index (κ3) is 5.29. The Morgan fingerprint density at radius 1 is 1.00 bits per heavy atom. The molecule has 148 valence electrons. The summed E-state index contributed by atoms with van der Waals surface area (Å²) in [5, 5.41) is 0. The Morgan fingerprint density at radius 2 is 1.71 bits per heavy atom. The summed E-state index contributed by atoms with van der Waals surface area (Å²) in [4.78, 5) is 25.9. The molecule has 0 aromatic heterocycles. The molecule has 2 N–H and O–H groups in total. The van der Waals surface area contributed by atoms with Crippen molar-refractivity contribution in [2.24, 2.45) is 11.7 Å². The van der Waals surface area contributed by atoms with E-state index in [4.69, 9.17) is 5.73 Å². The van der Waals surface area contributed by atoms with Crippen molar-refractivity contribution in [3.05, 3.63) is 59.7 Å². The van der Waals surface area contributed by atoms with Crippen LogP contribution < -0.4 is 5.73 Å². The summed E-state index contributed by atoms with van der Waals surface area (Å²) in [6.45, 7) is 0.550. The van der Waals surface area contributed by atoms with Gasteiger partial charge < -0.3 is 10.6 Å². The summed E-state index contributed by atoms with van der Waals surface area (Å²) in [6, 6.07) is 16.0. The van der Waals surface area contributed by atoms with E-state index in [9.17, 15) is 9.59 Å². The lowest BCUT2D eigenvalue weighted by Crippen LogP contribution is -2.32. The number of nitrogens with zero attached hydrogens (tertiary/aromatic N) is 1. The van der Waals surface area contributed by atoms with Crippen LogP contribution in [0.2, 0.25) is 0 Å². The highest BCUT2D eigenvalue weighted by atomic mass is 16.2. The summed E-state index contributed by atoms with van der Waals surface area (Å²) in [5.41, 5.74) is 9.44. The molecule has 0 aliphatic heterocycles. The maximum Gasteiger partial charge on any atom is 0.236 e. The number of carbonyl (C=O) groups excluding carboxylic acids is 2. The Hall–Kier alpha value is -2.46. The zero-order chi connectivity index (χ0) is 19.9. The van der Waals surface area contributed by atoms with Gasteiger partial charge in [0, 0.05) is 25.6 Å². The quantitative estimate of drug-likeness (QED) is 0.725. The largest absolute Gasteiger partial charge is 0.340 e. The van der Waals surface area contributed by atoms with Gasteiger partial charge in [-0.3, -0.25) is 9.59 Å². The van der Waals surface area contributed by atoms with E-state index in [1.165, 1.54) is 32.1 Å². The van der Waals surface area contributed by atoms with Gasteiger partial charge in [-0.15, -0.1) is 0 Å². The maximum atomic E-state index is 12.6. The van der Waals surface area contributed by atoms with Crippen molar-refractivity contribution >= 4 is 11.7 Å². The number of benzene rings is 2. The minimum Gasteiger partial charge on any atom is -0.340 e. The van der Waals surface area contributed by atoms with Crippen LogP contribution in [0.3, 0.4) is 0 Å². The van der Waals surface area contributed by atoms with Gasteiger partial charge in [-0.05, 0) is 28.7 Å². The Bertz CT molecular complexity index is 808. The molecule has 1 saturated carbocycles. The van der Waals surface area contributed by atoms with Crippen LogP contribution in [-0.2, 0) is 11.3 Å². The summed E-state index contributed by atoms with van der Waals surface area (Å²) < 4.78 is 0. The van der Waals surface area contributed by atoms with Crippen LogP contribution in [-0.4, -0.2) is 30.2 Å². The fourth-order valence-electron chi connectivity index (χ4n) is 3.99. The maximum absolute atomic E-state index is 12.6. The minimum absolute atomic E-state index is 0.0204. The Labute approximate surface area is 167 Å². The van der Waals surface area contributed by atoms with E-state index in [1.807, 2.05) is 42.5 Å². The molecule has 2 aromatic rings. The molecule has 0 saturated heterocycles. The highest BCUT2D eigenvalue weighted by molar-refractivity contribution is 5.96. The number of ketones is 1. The van der Waals surface area contributed by atoms with Gasteiger partial charge >= 0.3 is 0 Å². The first-order chi connectivity index (χ1) is 13.6. The van der Waals surface area contributed by atoms with E-state index < -0.39 is 0 Å². The van der Waals surface area contributed by atoms with E-state index in [0.29, 0.717) is 18.9 Å². The molecule has 0 unspecified atom stereocenters. The van der Waals surface area contributed by atoms with Crippen LogP contribution in [0, 0.1) is 5.92 Å². The Balaban J connectivity index is 1.66. The molecular weight excluding hydrogens is 348 g/mol. The first kappa shape index (κ1) is 20.3. The van der Waals surface area contributed by atoms with Gasteiger partial charge in [0.2, 0.25) is 5.91 Å². The molecule has 0 atom stereocenters. The molecular formula is C24H30N2O2. The summed E-state index contributed by atoms with van der Waals surface area (Å²) in [7, 11) is 1.76. The molecule has 4 heteroatoms. The minimum atomic E-state index is -0.0776. The molecule has 1 fully saturated rings. The van der Waals surface area contributed by atoms with E-state index in [1.54, 1.807) is 11.9 Å². The molecule has 0 spiro atoms. The predicted molar refractivity (Wildman–Crippen MR) is 113 cm³/mol. The number of rotatable bonds is 7. The third-order valence-corrected chi connectivity index (χ3v) is 5.69. The fraction of sp³-hybridized carbons (Fsp3) is 0.417. The van der Waals surface area contributed by atoms with Crippen molar-refractivity contribution in [1.29, 1.82) is 0 Å². The molecule has 1 aliphatic rings. The van der Waals surface area contributed by atoms with Crippen LogP contribution in [0.1, 0.15) is 54.4 Å². The van der Waals surface area contributed by atoms with Gasteiger partial charge in [0.25, 0.3) is 0 Å². The Kier molecular flexibility index (Phi) is 6.99. The second kappa shape index (κ2) is 9.65. The highest BCUT2D eigenvalue weighted by Crippen LogP contribution is 2.28. The van der Waals surface area contributed by atoms with Crippen molar-refractivity contribution in [2.45, 2.75) is 45.1 Å². The predicted octanol–water partition coefficient (Wildman–Crippen LogP) is 4.42. The van der Waals surface area contributed by atoms with E-state index in [2.05, 4.69) is 6.07 Å². The molecule has 3 rings (SSSR count). The molecule has 0 bridgehead atoms. The average molecular weight is 379 g/mol. The first-order valence-corrected chi connectivity index (χ1v) is 10.2. The van der Waals surface area contributed by atoms with Gasteiger partial charge in [0.1, 0.15) is 0 Å². The van der Waals surface area contributed by atoms with E-state index >= 15 is 0 Å². The van der Waals surface area contributed by atoms with Crippen LogP contribution >= 0.6 is 0 Å². The molecule has 1 amide bonds. The van der Waals surface area contributed by atoms with Gasteiger partial charge in [0.05, 0.1) is 6.54 Å². The zero-order valence-electron chi connectivity index (χ0n) is 16.7. The smallest absolute Gasteiger partial charge is 0.236 e. The lowest BCUT2D eigenvalue weighted by atomic mass is 9.84. The molecule has 0 heterocycles. The van der Waals surface area contributed by atoms with E-state index in [0.717, 1.165) is 22.3 Å². The van der Waals surface area contributed by atoms with Crippen molar-refractivity contribution in [3.63, 3.8) is 0 Å². The lowest BCUT2D eigenvalue weighted by molar-refractivity contribution is -0.128. The van der Waals surface area contributed by atoms with Gasteiger partial charge in [-0.1, -0.05) is 74.6 Å². The van der Waals surface area contributed by atoms with Crippen LogP contribution in [0.4, 0.5) is 0 Å². The van der Waals surface area contributed by atoms with Gasteiger partial charge in [-0.2, -0.15) is 0 Å². The van der Waals surface area contributed by atoms with Crippen molar-refractivity contribution in [1.82, 2.24) is 4.90 Å². The van der Waals surface area contributed by atoms with Gasteiger partial charge in [0.15, 0.2) is 5.78 Å². The lowest BCUT2D eigenvalue weighted by Gasteiger charge is -2.20. The first-order valence-electron chi connectivity index (χ1n) is 10.2. The monoisotopic (exact) mass is 378 g/mol. The van der Waals surface area contributed by atoms with Crippen molar-refractivity contribution in [2.75, 3.05) is 13.6 Å². The van der Waals surface area contributed by atoms with Crippen LogP contribution in [0.25, 0.3) is 11.1 Å². The summed E-state index contributed by atoms with van der Waals surface area (Å²) in [6.07, 6.45) is 6.90. The summed E-state index contributed by atoms with van der Waals surface area (Å²) in [5.74, 6) is 0.742. The fourth-order valence-corrected chi connectivity index (χ4v) is 3.99. The summed E-state index contributed by atoms with van der Waals surface area (Å²) >= 11 is 0. The molecule has 28 heavy (non-hydrogen) atoms. The van der Waals surface area contributed by atoms with Crippen molar-refractivity contribution in [3.8, 4) is 11.1 Å². The molecule has 1 aliphatic carbocycles. The highest BCUT2D eigenvalue weighted by Gasteiger charge is 2.18. The normalized spacial score (nSPS) is 14.6. The topological polar surface area (TPSA) is 63.4 Å². The number of carbonyl (C=O) groups is 2. The van der Waals surface area contributed by atoms with Gasteiger partial charge in [-0.25, -0.2) is 0 Å². The van der Waals surface area contributed by atoms with Crippen LogP contribution in [0.5, 0.6) is 0 Å². The number of hydrogen-bond acceptors (Lipinski definition) is 3. The molecule has 0 radical (unpaired) electrons. The van der Waals surface area contributed by atoms with E-state index in [-0.39, 0.29) is 18.2 Å². The third-order valence-electron chi connectivity index (χ3n) is 5.69. The average Bonchev–Trinajstić information content (AvgIpc) is 2.74.